The van der Waals surface area contributed by atoms with Crippen LogP contribution in [0.4, 0.5) is 4.39 Å². The van der Waals surface area contributed by atoms with Crippen LogP contribution in [0.15, 0.2) is 59.0 Å². The van der Waals surface area contributed by atoms with Crippen LogP contribution in [0, 0.1) is 5.82 Å². The molecule has 6 heteroatoms. The monoisotopic (exact) mass is 374 g/mol. The maximum absolute atomic E-state index is 13.1. The summed E-state index contributed by atoms with van der Waals surface area (Å²) in [7, 11) is -3.30. The first-order valence-electron chi connectivity index (χ1n) is 8.10. The van der Waals surface area contributed by atoms with Gasteiger partial charge in [-0.15, -0.1) is 0 Å². The van der Waals surface area contributed by atoms with Gasteiger partial charge in [0.1, 0.15) is 11.4 Å². The predicted molar refractivity (Wildman–Crippen MR) is 96.7 cm³/mol. The van der Waals surface area contributed by atoms with Crippen LogP contribution in [-0.2, 0) is 25.8 Å². The van der Waals surface area contributed by atoms with Gasteiger partial charge >= 0.3 is 5.97 Å². The van der Waals surface area contributed by atoms with Crippen LogP contribution < -0.4 is 0 Å². The molecule has 0 radical (unpaired) electrons. The average Bonchev–Trinajstić information content (AvgIpc) is 2.77. The van der Waals surface area contributed by atoms with E-state index in [1.54, 1.807) is 38.1 Å². The molecule has 2 aromatic carbocycles. The number of hydrogen-bond acceptors (Lipinski definition) is 4. The van der Waals surface area contributed by atoms with Gasteiger partial charge in [0.05, 0.1) is 4.90 Å². The molecule has 0 saturated carbocycles. The Morgan fingerprint density at radius 2 is 1.58 bits per heavy atom. The molecule has 1 aliphatic heterocycles. The lowest BCUT2D eigenvalue weighted by atomic mass is 9.87. The van der Waals surface area contributed by atoms with E-state index in [9.17, 15) is 17.6 Å². The highest BCUT2D eigenvalue weighted by molar-refractivity contribution is 7.90. The Balaban J connectivity index is 2.07. The van der Waals surface area contributed by atoms with Gasteiger partial charge in [0.2, 0.25) is 0 Å². The van der Waals surface area contributed by atoms with Crippen molar-refractivity contribution in [1.29, 1.82) is 0 Å². The second kappa shape index (κ2) is 6.36. The Morgan fingerprint density at radius 3 is 2.12 bits per heavy atom. The van der Waals surface area contributed by atoms with Gasteiger partial charge in [-0.25, -0.2) is 17.6 Å². The van der Waals surface area contributed by atoms with Gasteiger partial charge in [-0.05, 0) is 49.2 Å². The Kier molecular flexibility index (Phi) is 4.48. The molecule has 26 heavy (non-hydrogen) atoms. The molecule has 3 rings (SSSR count). The molecule has 1 heterocycles. The molecule has 1 aliphatic rings. The molecule has 0 saturated heterocycles. The number of carbonyl (C=O) groups is 1. The summed E-state index contributed by atoms with van der Waals surface area (Å²) in [6.07, 6.45) is 1.46. The molecule has 4 nitrogen and oxygen atoms in total. The SMILES string of the molecule is CC1(C)OC(=O)C(Cc2ccc(F)cc2)=C1c1ccc(S(C)(=O)=O)cc1. The van der Waals surface area contributed by atoms with Gasteiger partial charge in [-0.1, -0.05) is 24.3 Å². The molecule has 0 unspecified atom stereocenters. The van der Waals surface area contributed by atoms with E-state index in [-0.39, 0.29) is 10.7 Å². The molecule has 0 N–H and O–H groups in total. The number of esters is 1. The zero-order valence-electron chi connectivity index (χ0n) is 14.7. The maximum Gasteiger partial charge on any atom is 0.335 e. The third-order valence-electron chi connectivity index (χ3n) is 4.36. The second-order valence-corrected chi connectivity index (χ2v) is 8.87. The van der Waals surface area contributed by atoms with E-state index < -0.39 is 21.4 Å². The highest BCUT2D eigenvalue weighted by atomic mass is 32.2. The van der Waals surface area contributed by atoms with Crippen molar-refractivity contribution in [2.75, 3.05) is 6.26 Å². The average molecular weight is 374 g/mol. The number of benzene rings is 2. The summed E-state index contributed by atoms with van der Waals surface area (Å²) in [5, 5.41) is 0. The highest BCUT2D eigenvalue weighted by Crippen LogP contribution is 2.40. The number of sulfone groups is 1. The number of hydrogen-bond donors (Lipinski definition) is 0. The normalized spacial score (nSPS) is 16.7. The van der Waals surface area contributed by atoms with Crippen molar-refractivity contribution >= 4 is 21.4 Å². The quantitative estimate of drug-likeness (QED) is 0.768. The van der Waals surface area contributed by atoms with Crippen molar-refractivity contribution in [3.05, 3.63) is 71.0 Å². The smallest absolute Gasteiger partial charge is 0.335 e. The molecule has 0 fully saturated rings. The standard InChI is InChI=1S/C20H19FO4S/c1-20(2)18(14-6-10-16(11-7-14)26(3,23)24)17(19(22)25-20)12-13-4-8-15(21)9-5-13/h4-11H,12H2,1-3H3. The van der Waals surface area contributed by atoms with Gasteiger partial charge in [0, 0.05) is 23.8 Å². The van der Waals surface area contributed by atoms with Gasteiger partial charge < -0.3 is 4.74 Å². The van der Waals surface area contributed by atoms with Crippen LogP contribution >= 0.6 is 0 Å². The molecule has 2 aromatic rings. The van der Waals surface area contributed by atoms with Crippen molar-refractivity contribution in [2.45, 2.75) is 30.8 Å². The van der Waals surface area contributed by atoms with Crippen molar-refractivity contribution in [3.63, 3.8) is 0 Å². The molecule has 0 aromatic heterocycles. The number of ether oxygens (including phenoxy) is 1. The minimum absolute atomic E-state index is 0.213. The van der Waals surface area contributed by atoms with E-state index in [0.717, 1.165) is 17.4 Å². The fourth-order valence-corrected chi connectivity index (χ4v) is 3.80. The predicted octanol–water partition coefficient (Wildman–Crippen LogP) is 3.56. The van der Waals surface area contributed by atoms with E-state index in [4.69, 9.17) is 4.74 Å². The molecule has 0 bridgehead atoms. The van der Waals surface area contributed by atoms with E-state index >= 15 is 0 Å². The van der Waals surface area contributed by atoms with Crippen LogP contribution in [-0.4, -0.2) is 26.2 Å². The Hall–Kier alpha value is -2.47. The largest absolute Gasteiger partial charge is 0.451 e. The van der Waals surface area contributed by atoms with Crippen LogP contribution in [0.25, 0.3) is 5.57 Å². The number of halogens is 1. The van der Waals surface area contributed by atoms with E-state index in [1.807, 2.05) is 0 Å². The van der Waals surface area contributed by atoms with Gasteiger partial charge in [-0.3, -0.25) is 0 Å². The van der Waals surface area contributed by atoms with Gasteiger partial charge in [0.15, 0.2) is 9.84 Å². The maximum atomic E-state index is 13.1. The van der Waals surface area contributed by atoms with E-state index in [2.05, 4.69) is 0 Å². The molecule has 0 spiro atoms. The van der Waals surface area contributed by atoms with Crippen LogP contribution in [0.1, 0.15) is 25.0 Å². The summed E-state index contributed by atoms with van der Waals surface area (Å²) in [5.74, 6) is -0.754. The molecule has 0 atom stereocenters. The molecular weight excluding hydrogens is 355 g/mol. The fourth-order valence-electron chi connectivity index (χ4n) is 3.17. The van der Waals surface area contributed by atoms with Crippen LogP contribution in [0.5, 0.6) is 0 Å². The third-order valence-corrected chi connectivity index (χ3v) is 5.49. The lowest BCUT2D eigenvalue weighted by Crippen LogP contribution is -2.22. The highest BCUT2D eigenvalue weighted by Gasteiger charge is 2.40. The fraction of sp³-hybridized carbons (Fsp3) is 0.250. The summed E-state index contributed by atoms with van der Waals surface area (Å²) < 4.78 is 42.0. The van der Waals surface area contributed by atoms with Crippen LogP contribution in [0.3, 0.4) is 0 Å². The summed E-state index contributed by atoms with van der Waals surface area (Å²) >= 11 is 0. The first-order chi connectivity index (χ1) is 12.1. The summed E-state index contributed by atoms with van der Waals surface area (Å²) in [6, 6.07) is 12.4. The van der Waals surface area contributed by atoms with Crippen molar-refractivity contribution in [1.82, 2.24) is 0 Å². The number of carbonyl (C=O) groups excluding carboxylic acids is 1. The molecule has 0 amide bonds. The van der Waals surface area contributed by atoms with Crippen molar-refractivity contribution < 1.29 is 22.3 Å². The molecular formula is C20H19FO4S. The van der Waals surface area contributed by atoms with E-state index in [1.165, 1.54) is 24.3 Å². The van der Waals surface area contributed by atoms with Gasteiger partial charge in [-0.2, -0.15) is 0 Å². The lowest BCUT2D eigenvalue weighted by molar-refractivity contribution is -0.143. The summed E-state index contributed by atoms with van der Waals surface area (Å²) in [5.41, 5.74) is 1.89. The van der Waals surface area contributed by atoms with Gasteiger partial charge in [0.25, 0.3) is 0 Å². The molecule has 136 valence electrons. The lowest BCUT2D eigenvalue weighted by Gasteiger charge is -2.22. The second-order valence-electron chi connectivity index (χ2n) is 6.85. The zero-order chi connectivity index (χ0) is 19.1. The first-order valence-corrected chi connectivity index (χ1v) is 9.99. The Labute approximate surface area is 152 Å². The first kappa shape index (κ1) is 18.3. The number of cyclic esters (lactones) is 1. The Bertz CT molecular complexity index is 985. The Morgan fingerprint density at radius 1 is 1.00 bits per heavy atom. The zero-order valence-corrected chi connectivity index (χ0v) is 15.6. The minimum atomic E-state index is -3.30. The third kappa shape index (κ3) is 3.55. The van der Waals surface area contributed by atoms with E-state index in [0.29, 0.717) is 17.6 Å². The topological polar surface area (TPSA) is 60.4 Å². The molecule has 0 aliphatic carbocycles. The van der Waals surface area contributed by atoms with Crippen molar-refractivity contribution in [2.24, 2.45) is 0 Å². The summed E-state index contributed by atoms with van der Waals surface area (Å²) in [6.45, 7) is 3.59. The van der Waals surface area contributed by atoms with Crippen molar-refractivity contribution in [3.8, 4) is 0 Å². The minimum Gasteiger partial charge on any atom is -0.451 e. The van der Waals surface area contributed by atoms with Crippen LogP contribution in [0.2, 0.25) is 0 Å². The number of rotatable bonds is 4. The summed E-state index contributed by atoms with van der Waals surface area (Å²) in [4.78, 5) is 12.6.